The second kappa shape index (κ2) is 10.2. The molecule has 2 aromatic carbocycles. The fourth-order valence-corrected chi connectivity index (χ4v) is 2.74. The SMILES string of the molecule is C[NH+](CC(=O)NCCc1ccc(OC(F)F)cc1)Cc1ccc(C(F)(F)F)cc1. The molecule has 0 heterocycles. The van der Waals surface area contributed by atoms with Crippen LogP contribution >= 0.6 is 0 Å². The third-order valence-electron chi connectivity index (χ3n) is 4.13. The van der Waals surface area contributed by atoms with Crippen LogP contribution in [0.1, 0.15) is 16.7 Å². The molecule has 29 heavy (non-hydrogen) atoms. The highest BCUT2D eigenvalue weighted by atomic mass is 19.4. The maximum Gasteiger partial charge on any atom is 0.416 e. The molecular weight excluding hydrogens is 395 g/mol. The fourth-order valence-electron chi connectivity index (χ4n) is 2.74. The minimum atomic E-state index is -4.37. The number of amides is 1. The number of hydrogen-bond acceptors (Lipinski definition) is 2. The summed E-state index contributed by atoms with van der Waals surface area (Å²) < 4.78 is 66.2. The van der Waals surface area contributed by atoms with Crippen LogP contribution in [-0.4, -0.2) is 32.7 Å². The Kier molecular flexibility index (Phi) is 7.95. The van der Waals surface area contributed by atoms with Gasteiger partial charge in [-0.2, -0.15) is 22.0 Å². The van der Waals surface area contributed by atoms with Crippen molar-refractivity contribution in [2.45, 2.75) is 25.8 Å². The lowest BCUT2D eigenvalue weighted by atomic mass is 10.1. The molecule has 0 spiro atoms. The minimum Gasteiger partial charge on any atom is -0.435 e. The maximum absolute atomic E-state index is 12.6. The lowest BCUT2D eigenvalue weighted by molar-refractivity contribution is -0.885. The normalized spacial score (nSPS) is 12.7. The van der Waals surface area contributed by atoms with Crippen molar-refractivity contribution < 1.29 is 36.4 Å². The average Bonchev–Trinajstić information content (AvgIpc) is 2.62. The summed E-state index contributed by atoms with van der Waals surface area (Å²) in [7, 11) is 1.78. The summed E-state index contributed by atoms with van der Waals surface area (Å²) in [4.78, 5) is 12.8. The van der Waals surface area contributed by atoms with Gasteiger partial charge in [0.2, 0.25) is 0 Å². The predicted octanol–water partition coefficient (Wildman–Crippen LogP) is 2.68. The van der Waals surface area contributed by atoms with Gasteiger partial charge in [-0.25, -0.2) is 0 Å². The van der Waals surface area contributed by atoms with Gasteiger partial charge in [0, 0.05) is 12.1 Å². The van der Waals surface area contributed by atoms with Crippen LogP contribution in [0, 0.1) is 0 Å². The molecule has 0 saturated carbocycles. The molecule has 158 valence electrons. The number of benzene rings is 2. The first-order chi connectivity index (χ1) is 13.6. The molecule has 0 aliphatic heterocycles. The highest BCUT2D eigenvalue weighted by Gasteiger charge is 2.30. The number of halogens is 5. The van der Waals surface area contributed by atoms with Crippen LogP contribution in [0.25, 0.3) is 0 Å². The van der Waals surface area contributed by atoms with Crippen LogP contribution in [0.5, 0.6) is 5.75 Å². The number of hydrogen-bond donors (Lipinski definition) is 2. The number of rotatable bonds is 9. The van der Waals surface area contributed by atoms with Crippen molar-refractivity contribution in [3.63, 3.8) is 0 Å². The first kappa shape index (κ1) is 22.6. The number of carbonyl (C=O) groups excluding carboxylic acids is 1. The molecule has 2 aromatic rings. The molecule has 0 aromatic heterocycles. The standard InChI is InChI=1S/C20H21F5N2O2/c1-27(12-15-2-6-16(7-3-15)20(23,24)25)13-18(28)26-11-10-14-4-8-17(9-5-14)29-19(21)22/h2-9,19H,10-13H2,1H3,(H,26,28)/p+1. The van der Waals surface area contributed by atoms with E-state index in [-0.39, 0.29) is 18.2 Å². The summed E-state index contributed by atoms with van der Waals surface area (Å²) in [6, 6.07) is 11.0. The van der Waals surface area contributed by atoms with E-state index in [4.69, 9.17) is 0 Å². The summed E-state index contributed by atoms with van der Waals surface area (Å²) in [5.41, 5.74) is 0.859. The van der Waals surface area contributed by atoms with E-state index >= 15 is 0 Å². The van der Waals surface area contributed by atoms with Crippen LogP contribution in [-0.2, 0) is 23.9 Å². The van der Waals surface area contributed by atoms with Crippen molar-refractivity contribution in [1.29, 1.82) is 0 Å². The molecule has 1 atom stereocenters. The van der Waals surface area contributed by atoms with E-state index in [2.05, 4.69) is 10.1 Å². The molecule has 0 saturated heterocycles. The number of ether oxygens (including phenoxy) is 1. The van der Waals surface area contributed by atoms with E-state index in [1.165, 1.54) is 24.3 Å². The highest BCUT2D eigenvalue weighted by molar-refractivity contribution is 5.76. The molecule has 0 aliphatic rings. The van der Waals surface area contributed by atoms with Crippen LogP contribution < -0.4 is 15.0 Å². The van der Waals surface area contributed by atoms with Gasteiger partial charge in [-0.3, -0.25) is 4.79 Å². The van der Waals surface area contributed by atoms with Crippen LogP contribution in [0.15, 0.2) is 48.5 Å². The van der Waals surface area contributed by atoms with Gasteiger partial charge in [0.15, 0.2) is 6.54 Å². The monoisotopic (exact) mass is 417 g/mol. The van der Waals surface area contributed by atoms with Crippen molar-refractivity contribution in [3.05, 3.63) is 65.2 Å². The zero-order valence-electron chi connectivity index (χ0n) is 15.7. The van der Waals surface area contributed by atoms with Crippen molar-refractivity contribution in [2.24, 2.45) is 0 Å². The zero-order chi connectivity index (χ0) is 21.4. The number of quaternary nitrogens is 1. The molecule has 1 amide bonds. The highest BCUT2D eigenvalue weighted by Crippen LogP contribution is 2.28. The number of carbonyl (C=O) groups is 1. The molecule has 4 nitrogen and oxygen atoms in total. The lowest BCUT2D eigenvalue weighted by Gasteiger charge is -2.14. The molecule has 1 unspecified atom stereocenters. The second-order valence-corrected chi connectivity index (χ2v) is 6.63. The van der Waals surface area contributed by atoms with E-state index in [9.17, 15) is 26.7 Å². The summed E-state index contributed by atoms with van der Waals surface area (Å²) in [5.74, 6) is -0.117. The van der Waals surface area contributed by atoms with Gasteiger partial charge in [-0.1, -0.05) is 24.3 Å². The summed E-state index contributed by atoms with van der Waals surface area (Å²) in [6.07, 6.45) is -3.84. The van der Waals surface area contributed by atoms with Crippen molar-refractivity contribution in [1.82, 2.24) is 5.32 Å². The number of nitrogens with one attached hydrogen (secondary N) is 2. The Balaban J connectivity index is 1.72. The molecule has 2 N–H and O–H groups in total. The molecular formula is C20H22F5N2O2+. The summed E-state index contributed by atoms with van der Waals surface area (Å²) in [6.45, 7) is -1.91. The van der Waals surface area contributed by atoms with Crippen LogP contribution in [0.2, 0.25) is 0 Å². The van der Waals surface area contributed by atoms with Gasteiger partial charge >= 0.3 is 12.8 Å². The lowest BCUT2D eigenvalue weighted by Crippen LogP contribution is -3.08. The summed E-state index contributed by atoms with van der Waals surface area (Å²) in [5, 5.41) is 2.76. The van der Waals surface area contributed by atoms with E-state index < -0.39 is 18.4 Å². The Bertz CT molecular complexity index is 777. The maximum atomic E-state index is 12.6. The largest absolute Gasteiger partial charge is 0.435 e. The fraction of sp³-hybridized carbons (Fsp3) is 0.350. The van der Waals surface area contributed by atoms with E-state index in [0.717, 1.165) is 22.6 Å². The molecule has 9 heteroatoms. The Morgan fingerprint density at radius 1 is 1.03 bits per heavy atom. The quantitative estimate of drug-likeness (QED) is 0.617. The molecule has 0 bridgehead atoms. The third-order valence-corrected chi connectivity index (χ3v) is 4.13. The molecule has 0 radical (unpaired) electrons. The first-order valence-electron chi connectivity index (χ1n) is 8.91. The molecule has 0 fully saturated rings. The van der Waals surface area contributed by atoms with Gasteiger partial charge in [0.1, 0.15) is 12.3 Å². The summed E-state index contributed by atoms with van der Waals surface area (Å²) >= 11 is 0. The van der Waals surface area contributed by atoms with Gasteiger partial charge in [0.25, 0.3) is 5.91 Å². The van der Waals surface area contributed by atoms with Crippen molar-refractivity contribution in [3.8, 4) is 5.75 Å². The molecule has 0 aliphatic carbocycles. The Hall–Kier alpha value is -2.68. The van der Waals surface area contributed by atoms with Crippen molar-refractivity contribution in [2.75, 3.05) is 20.1 Å². The van der Waals surface area contributed by atoms with Crippen LogP contribution in [0.4, 0.5) is 22.0 Å². The topological polar surface area (TPSA) is 42.8 Å². The van der Waals surface area contributed by atoms with Crippen molar-refractivity contribution >= 4 is 5.91 Å². The van der Waals surface area contributed by atoms with Gasteiger partial charge in [-0.15, -0.1) is 0 Å². The molecule has 2 rings (SSSR count). The van der Waals surface area contributed by atoms with E-state index in [0.29, 0.717) is 25.1 Å². The van der Waals surface area contributed by atoms with Gasteiger partial charge in [0.05, 0.1) is 12.6 Å². The first-order valence-corrected chi connectivity index (χ1v) is 8.91. The number of alkyl halides is 5. The van der Waals surface area contributed by atoms with E-state index in [1.807, 2.05) is 0 Å². The second-order valence-electron chi connectivity index (χ2n) is 6.63. The van der Waals surface area contributed by atoms with Crippen LogP contribution in [0.3, 0.4) is 0 Å². The minimum absolute atomic E-state index is 0.0706. The zero-order valence-corrected chi connectivity index (χ0v) is 15.7. The Morgan fingerprint density at radius 3 is 2.17 bits per heavy atom. The average molecular weight is 417 g/mol. The van der Waals surface area contributed by atoms with E-state index in [1.54, 1.807) is 19.2 Å². The van der Waals surface area contributed by atoms with Gasteiger partial charge in [-0.05, 0) is 36.2 Å². The number of likely N-dealkylation sites (N-methyl/N-ethyl adjacent to an activating group) is 1. The van der Waals surface area contributed by atoms with Gasteiger partial charge < -0.3 is 15.0 Å². The predicted molar refractivity (Wildman–Crippen MR) is 96.7 cm³/mol. The smallest absolute Gasteiger partial charge is 0.416 e. The Morgan fingerprint density at radius 2 is 1.62 bits per heavy atom. The Labute approximate surface area is 165 Å². The third kappa shape index (κ3) is 8.06.